The number of nitrogens with zero attached hydrogens (tertiary/aromatic N) is 4. The lowest BCUT2D eigenvalue weighted by Gasteiger charge is -2.06. The van der Waals surface area contributed by atoms with E-state index in [1.807, 2.05) is 6.07 Å². The highest BCUT2D eigenvalue weighted by molar-refractivity contribution is 7.99. The average Bonchev–Trinajstić information content (AvgIpc) is 3.01. The summed E-state index contributed by atoms with van der Waals surface area (Å²) in [5.41, 5.74) is 1.70. The minimum absolute atomic E-state index is 0.0613. The fourth-order valence-electron chi connectivity index (χ4n) is 2.19. The molecule has 0 saturated carbocycles. The summed E-state index contributed by atoms with van der Waals surface area (Å²) in [7, 11) is 0. The Morgan fingerprint density at radius 2 is 2.04 bits per heavy atom. The van der Waals surface area contributed by atoms with Crippen molar-refractivity contribution in [3.63, 3.8) is 0 Å². The third-order valence-corrected chi connectivity index (χ3v) is 4.39. The quantitative estimate of drug-likeness (QED) is 0.388. The SMILES string of the molecule is CC(=O)c1cccc(NC(=O)CSc2nnc(-c3ccccn3)n2N)c1. The Hall–Kier alpha value is -3.20. The molecule has 8 nitrogen and oxygen atoms in total. The smallest absolute Gasteiger partial charge is 0.234 e. The van der Waals surface area contributed by atoms with Gasteiger partial charge in [0.25, 0.3) is 0 Å². The van der Waals surface area contributed by atoms with Crippen LogP contribution < -0.4 is 11.2 Å². The van der Waals surface area contributed by atoms with Gasteiger partial charge in [-0.25, -0.2) is 4.68 Å². The predicted octanol–water partition coefficient (Wildman–Crippen LogP) is 1.99. The number of anilines is 1. The summed E-state index contributed by atoms with van der Waals surface area (Å²) in [4.78, 5) is 27.7. The summed E-state index contributed by atoms with van der Waals surface area (Å²) in [6.07, 6.45) is 1.64. The molecule has 1 aromatic carbocycles. The summed E-state index contributed by atoms with van der Waals surface area (Å²) in [5.74, 6) is 6.21. The molecule has 2 aromatic heterocycles. The van der Waals surface area contributed by atoms with Gasteiger partial charge < -0.3 is 11.2 Å². The topological polar surface area (TPSA) is 116 Å². The fraction of sp³-hybridized carbons (Fsp3) is 0.118. The molecule has 1 amide bonds. The van der Waals surface area contributed by atoms with E-state index in [-0.39, 0.29) is 17.4 Å². The van der Waals surface area contributed by atoms with Crippen LogP contribution in [0.4, 0.5) is 5.69 Å². The zero-order chi connectivity index (χ0) is 18.5. The summed E-state index contributed by atoms with van der Waals surface area (Å²) < 4.78 is 1.30. The maximum atomic E-state index is 12.1. The number of amides is 1. The Bertz CT molecular complexity index is 941. The summed E-state index contributed by atoms with van der Waals surface area (Å²) in [6.45, 7) is 1.48. The Kier molecular flexibility index (Phi) is 5.28. The first kappa shape index (κ1) is 17.6. The van der Waals surface area contributed by atoms with E-state index in [0.717, 1.165) is 11.8 Å². The molecule has 0 aliphatic heterocycles. The molecule has 0 spiro atoms. The number of hydrogen-bond donors (Lipinski definition) is 2. The minimum atomic E-state index is -0.238. The molecule has 3 rings (SSSR count). The van der Waals surface area contributed by atoms with Gasteiger partial charge in [-0.15, -0.1) is 10.2 Å². The number of nitrogens with two attached hydrogens (primary N) is 1. The fourth-order valence-corrected chi connectivity index (χ4v) is 2.84. The van der Waals surface area contributed by atoms with E-state index in [0.29, 0.717) is 27.9 Å². The van der Waals surface area contributed by atoms with E-state index >= 15 is 0 Å². The van der Waals surface area contributed by atoms with Crippen LogP contribution in [0, 0.1) is 0 Å². The Morgan fingerprint density at radius 1 is 1.19 bits per heavy atom. The number of Topliss-reactive ketones (excluding diaryl/α,β-unsaturated/α-hetero) is 1. The summed E-state index contributed by atoms with van der Waals surface area (Å²) >= 11 is 1.16. The highest BCUT2D eigenvalue weighted by atomic mass is 32.2. The van der Waals surface area contributed by atoms with Crippen molar-refractivity contribution in [3.8, 4) is 11.5 Å². The molecule has 3 aromatic rings. The number of aromatic nitrogens is 4. The molecular formula is C17H16N6O2S. The van der Waals surface area contributed by atoms with Gasteiger partial charge in [0, 0.05) is 17.4 Å². The van der Waals surface area contributed by atoms with Gasteiger partial charge in [0.15, 0.2) is 5.78 Å². The van der Waals surface area contributed by atoms with Gasteiger partial charge in [0.1, 0.15) is 5.69 Å². The zero-order valence-electron chi connectivity index (χ0n) is 13.9. The number of nitrogens with one attached hydrogen (secondary N) is 1. The van der Waals surface area contributed by atoms with E-state index < -0.39 is 0 Å². The van der Waals surface area contributed by atoms with Crippen molar-refractivity contribution >= 4 is 29.1 Å². The molecule has 0 radical (unpaired) electrons. The average molecular weight is 368 g/mol. The van der Waals surface area contributed by atoms with Gasteiger partial charge in [-0.1, -0.05) is 30.0 Å². The third-order valence-electron chi connectivity index (χ3n) is 3.44. The van der Waals surface area contributed by atoms with Gasteiger partial charge in [-0.05, 0) is 31.2 Å². The Balaban J connectivity index is 1.63. The van der Waals surface area contributed by atoms with Crippen molar-refractivity contribution in [1.82, 2.24) is 19.9 Å². The molecule has 132 valence electrons. The maximum absolute atomic E-state index is 12.1. The van der Waals surface area contributed by atoms with Crippen LogP contribution in [-0.4, -0.2) is 37.3 Å². The number of thioether (sulfide) groups is 1. The van der Waals surface area contributed by atoms with E-state index in [1.165, 1.54) is 11.6 Å². The van der Waals surface area contributed by atoms with Crippen LogP contribution in [0.3, 0.4) is 0 Å². The van der Waals surface area contributed by atoms with E-state index in [2.05, 4.69) is 20.5 Å². The van der Waals surface area contributed by atoms with Gasteiger partial charge >= 0.3 is 0 Å². The van der Waals surface area contributed by atoms with Crippen molar-refractivity contribution in [1.29, 1.82) is 0 Å². The van der Waals surface area contributed by atoms with Crippen LogP contribution in [-0.2, 0) is 4.79 Å². The monoisotopic (exact) mass is 368 g/mol. The Labute approximate surface area is 153 Å². The molecule has 0 atom stereocenters. The van der Waals surface area contributed by atoms with Crippen LogP contribution in [0.1, 0.15) is 17.3 Å². The summed E-state index contributed by atoms with van der Waals surface area (Å²) in [6, 6.07) is 12.2. The first-order valence-electron chi connectivity index (χ1n) is 7.70. The van der Waals surface area contributed by atoms with E-state index in [9.17, 15) is 9.59 Å². The lowest BCUT2D eigenvalue weighted by Crippen LogP contribution is -2.16. The molecule has 26 heavy (non-hydrogen) atoms. The molecule has 0 saturated heterocycles. The molecule has 0 bridgehead atoms. The van der Waals surface area contributed by atoms with Crippen molar-refractivity contribution in [2.75, 3.05) is 16.9 Å². The van der Waals surface area contributed by atoms with E-state index in [4.69, 9.17) is 5.84 Å². The van der Waals surface area contributed by atoms with Crippen molar-refractivity contribution in [2.24, 2.45) is 0 Å². The first-order chi connectivity index (χ1) is 12.5. The van der Waals surface area contributed by atoms with Gasteiger partial charge in [0.2, 0.25) is 16.9 Å². The normalized spacial score (nSPS) is 10.5. The van der Waals surface area contributed by atoms with Crippen molar-refractivity contribution in [2.45, 2.75) is 12.1 Å². The molecule has 2 heterocycles. The third kappa shape index (κ3) is 4.06. The lowest BCUT2D eigenvalue weighted by atomic mass is 10.1. The van der Waals surface area contributed by atoms with Gasteiger partial charge in [0.05, 0.1) is 5.75 Å². The van der Waals surface area contributed by atoms with Crippen LogP contribution in [0.2, 0.25) is 0 Å². The second kappa shape index (κ2) is 7.79. The number of nitrogen functional groups attached to an aromatic ring is 1. The molecule has 0 unspecified atom stereocenters. The van der Waals surface area contributed by atoms with Gasteiger partial charge in [-0.3, -0.25) is 14.6 Å². The number of benzene rings is 1. The molecule has 0 aliphatic rings. The van der Waals surface area contributed by atoms with Crippen LogP contribution in [0.15, 0.2) is 53.8 Å². The largest absolute Gasteiger partial charge is 0.335 e. The second-order valence-electron chi connectivity index (χ2n) is 5.37. The standard InChI is InChI=1S/C17H16N6O2S/c1-11(24)12-5-4-6-13(9-12)20-15(25)10-26-17-22-21-16(23(17)18)14-7-2-3-8-19-14/h2-9H,10,18H2,1H3,(H,20,25). The number of pyridine rings is 1. The second-order valence-corrected chi connectivity index (χ2v) is 6.31. The maximum Gasteiger partial charge on any atom is 0.234 e. The molecule has 9 heteroatoms. The molecular weight excluding hydrogens is 352 g/mol. The number of ketones is 1. The van der Waals surface area contributed by atoms with Crippen molar-refractivity contribution < 1.29 is 9.59 Å². The molecule has 0 aliphatic carbocycles. The predicted molar refractivity (Wildman–Crippen MR) is 99.2 cm³/mol. The van der Waals surface area contributed by atoms with Crippen LogP contribution >= 0.6 is 11.8 Å². The highest BCUT2D eigenvalue weighted by Crippen LogP contribution is 2.20. The van der Waals surface area contributed by atoms with E-state index in [1.54, 1.807) is 42.6 Å². The van der Waals surface area contributed by atoms with Gasteiger partial charge in [-0.2, -0.15) is 0 Å². The number of carbonyl (C=O) groups is 2. The van der Waals surface area contributed by atoms with Crippen LogP contribution in [0.25, 0.3) is 11.5 Å². The summed E-state index contributed by atoms with van der Waals surface area (Å²) in [5, 5.41) is 11.2. The van der Waals surface area contributed by atoms with Crippen LogP contribution in [0.5, 0.6) is 0 Å². The first-order valence-corrected chi connectivity index (χ1v) is 8.68. The number of carbonyl (C=O) groups excluding carboxylic acids is 2. The Morgan fingerprint density at radius 3 is 2.77 bits per heavy atom. The number of hydrogen-bond acceptors (Lipinski definition) is 7. The van der Waals surface area contributed by atoms with Crippen molar-refractivity contribution in [3.05, 3.63) is 54.2 Å². The number of rotatable bonds is 6. The molecule has 3 N–H and O–H groups in total. The zero-order valence-corrected chi connectivity index (χ0v) is 14.7. The lowest BCUT2D eigenvalue weighted by molar-refractivity contribution is -0.113. The highest BCUT2D eigenvalue weighted by Gasteiger charge is 2.14. The minimum Gasteiger partial charge on any atom is -0.335 e. The molecule has 0 fully saturated rings.